The highest BCUT2D eigenvalue weighted by Crippen LogP contribution is 2.78. The van der Waals surface area contributed by atoms with Gasteiger partial charge in [-0.2, -0.15) is 0 Å². The van der Waals surface area contributed by atoms with Gasteiger partial charge in [0.1, 0.15) is 18.0 Å². The van der Waals surface area contributed by atoms with E-state index in [1.165, 1.54) is 25.7 Å². The molecular formula is C53H73NO8. The molecule has 1 aliphatic heterocycles. The molecule has 8 aliphatic carbocycles. The summed E-state index contributed by atoms with van der Waals surface area (Å²) >= 11 is 0. The average molecular weight is 852 g/mol. The molecule has 1 aromatic rings. The zero-order valence-electron chi connectivity index (χ0n) is 37.3. The van der Waals surface area contributed by atoms with Gasteiger partial charge in [-0.05, 0) is 136 Å². The summed E-state index contributed by atoms with van der Waals surface area (Å²) in [4.78, 5) is 28.1. The third-order valence-electron chi connectivity index (χ3n) is 20.4. The largest absolute Gasteiger partial charge is 0.454 e. The van der Waals surface area contributed by atoms with Crippen molar-refractivity contribution >= 4 is 12.3 Å². The van der Waals surface area contributed by atoms with Crippen LogP contribution in [0.2, 0.25) is 0 Å². The molecule has 7 fully saturated rings. The molecule has 17 atom stereocenters. The molecule has 9 aliphatic rings. The molecule has 17 unspecified atom stereocenters. The zero-order valence-corrected chi connectivity index (χ0v) is 37.3. The first kappa shape index (κ1) is 43.3. The number of aldehydes is 1. The van der Waals surface area contributed by atoms with Gasteiger partial charge in [0.15, 0.2) is 0 Å². The molecule has 1 aromatic carbocycles. The van der Waals surface area contributed by atoms with Crippen molar-refractivity contribution in [2.75, 3.05) is 6.73 Å². The van der Waals surface area contributed by atoms with Crippen LogP contribution in [0.3, 0.4) is 0 Å². The van der Waals surface area contributed by atoms with Gasteiger partial charge in [-0.1, -0.05) is 88.8 Å². The van der Waals surface area contributed by atoms with Crippen molar-refractivity contribution in [1.29, 1.82) is 0 Å². The highest BCUT2D eigenvalue weighted by molar-refractivity contribution is 5.86. The third kappa shape index (κ3) is 6.08. The highest BCUT2D eigenvalue weighted by atomic mass is 16.5. The lowest BCUT2D eigenvalue weighted by molar-refractivity contribution is -0.348. The Morgan fingerprint density at radius 1 is 0.984 bits per heavy atom. The number of esters is 1. The first-order valence-electron chi connectivity index (χ1n) is 25.0. The molecular weight excluding hydrogens is 779 g/mol. The number of rotatable bonds is 9. The number of aliphatic hydroxyl groups excluding tert-OH is 2. The second kappa shape index (κ2) is 16.1. The summed E-state index contributed by atoms with van der Waals surface area (Å²) in [5, 5.41) is 68.7. The van der Waals surface area contributed by atoms with Gasteiger partial charge in [0.25, 0.3) is 0 Å². The van der Waals surface area contributed by atoms with Gasteiger partial charge in [0.2, 0.25) is 0 Å². The molecule has 0 saturated heterocycles. The summed E-state index contributed by atoms with van der Waals surface area (Å²) in [7, 11) is 0. The molecule has 10 rings (SSSR count). The summed E-state index contributed by atoms with van der Waals surface area (Å²) in [6.45, 7) is 4.32. The van der Waals surface area contributed by atoms with E-state index in [1.807, 2.05) is 18.2 Å². The van der Waals surface area contributed by atoms with E-state index >= 15 is 0 Å². The van der Waals surface area contributed by atoms with Crippen LogP contribution in [0.5, 0.6) is 0 Å². The molecule has 0 amide bonds. The Kier molecular flexibility index (Phi) is 11.2. The van der Waals surface area contributed by atoms with E-state index in [2.05, 4.69) is 37.1 Å². The van der Waals surface area contributed by atoms with E-state index in [4.69, 9.17) is 4.74 Å². The maximum atomic E-state index is 14.6. The molecule has 4 bridgehead atoms. The summed E-state index contributed by atoms with van der Waals surface area (Å²) < 4.78 is 6.26. The lowest BCUT2D eigenvalue weighted by atomic mass is 9.35. The minimum Gasteiger partial charge on any atom is -0.454 e. The van der Waals surface area contributed by atoms with Crippen LogP contribution in [0.1, 0.15) is 147 Å². The number of unbranched alkanes of at least 4 members (excludes halogenated alkanes) is 2. The van der Waals surface area contributed by atoms with Gasteiger partial charge in [-0.25, -0.2) is 4.79 Å². The SMILES string of the molecule is CCCCCC1CC2(C=O)C3CCC45CCC#Cc6ccccc6CC(NCO)C6CC(CC4(O)C3(O)CC3CC(C(C)C4CCCC4)CCC(C1O)C32O)C5C1=CC(=O)OC16. The van der Waals surface area contributed by atoms with Crippen molar-refractivity contribution in [3.63, 3.8) is 0 Å². The van der Waals surface area contributed by atoms with E-state index in [0.717, 1.165) is 55.1 Å². The van der Waals surface area contributed by atoms with Crippen LogP contribution < -0.4 is 5.32 Å². The molecule has 0 radical (unpaired) electrons. The molecule has 7 saturated carbocycles. The van der Waals surface area contributed by atoms with Crippen LogP contribution in [0.15, 0.2) is 35.9 Å². The van der Waals surface area contributed by atoms with Crippen molar-refractivity contribution in [3.8, 4) is 11.8 Å². The molecule has 6 N–H and O–H groups in total. The Hall–Kier alpha value is -2.58. The van der Waals surface area contributed by atoms with Crippen molar-refractivity contribution in [2.45, 2.75) is 177 Å². The van der Waals surface area contributed by atoms with E-state index < -0.39 is 57.6 Å². The minimum atomic E-state index is -1.72. The predicted octanol–water partition coefficient (Wildman–Crippen LogP) is 6.79. The van der Waals surface area contributed by atoms with Gasteiger partial charge >= 0.3 is 5.97 Å². The molecule has 1 spiro atoms. The van der Waals surface area contributed by atoms with Crippen LogP contribution in [-0.2, 0) is 20.7 Å². The van der Waals surface area contributed by atoms with Gasteiger partial charge in [-0.15, -0.1) is 0 Å². The monoisotopic (exact) mass is 852 g/mol. The van der Waals surface area contributed by atoms with E-state index in [0.29, 0.717) is 76.0 Å². The van der Waals surface area contributed by atoms with Crippen LogP contribution in [0.25, 0.3) is 0 Å². The van der Waals surface area contributed by atoms with Crippen LogP contribution in [0.4, 0.5) is 0 Å². The number of aliphatic hydroxyl groups is 5. The Labute approximate surface area is 369 Å². The lowest BCUT2D eigenvalue weighted by Gasteiger charge is -2.72. The molecule has 1 heterocycles. The second-order valence-electron chi connectivity index (χ2n) is 22.4. The number of carbonyl (C=O) groups is 2. The maximum Gasteiger partial charge on any atom is 0.331 e. The second-order valence-corrected chi connectivity index (χ2v) is 22.4. The quantitative estimate of drug-likeness (QED) is 0.0518. The first-order chi connectivity index (χ1) is 29.9. The fourth-order valence-corrected chi connectivity index (χ4v) is 17.8. The molecule has 338 valence electrons. The van der Waals surface area contributed by atoms with Crippen LogP contribution in [0, 0.1) is 81.8 Å². The van der Waals surface area contributed by atoms with Crippen LogP contribution in [-0.4, -0.2) is 79.6 Å². The van der Waals surface area contributed by atoms with Crippen molar-refractivity contribution in [1.82, 2.24) is 5.32 Å². The number of hydrogen-bond acceptors (Lipinski definition) is 9. The zero-order chi connectivity index (χ0) is 43.2. The summed E-state index contributed by atoms with van der Waals surface area (Å²) in [6, 6.07) is 7.87. The Bertz CT molecular complexity index is 1990. The molecule has 9 nitrogen and oxygen atoms in total. The Balaban J connectivity index is 1.13. The fraction of sp³-hybridized carbons (Fsp3) is 0.774. The van der Waals surface area contributed by atoms with Gasteiger partial charge < -0.3 is 35.1 Å². The van der Waals surface area contributed by atoms with Gasteiger partial charge in [-0.3, -0.25) is 5.32 Å². The fourth-order valence-electron chi connectivity index (χ4n) is 17.8. The number of carbonyl (C=O) groups excluding carboxylic acids is 2. The molecule has 62 heavy (non-hydrogen) atoms. The number of fused-ring (bicyclic) bond motifs is 7. The Morgan fingerprint density at radius 2 is 1.79 bits per heavy atom. The predicted molar refractivity (Wildman–Crippen MR) is 235 cm³/mol. The number of ether oxygens (including phenoxy) is 1. The third-order valence-corrected chi connectivity index (χ3v) is 20.4. The molecule has 9 heteroatoms. The van der Waals surface area contributed by atoms with Crippen molar-refractivity contribution in [3.05, 3.63) is 47.0 Å². The van der Waals surface area contributed by atoms with Crippen molar-refractivity contribution < 1.29 is 39.9 Å². The van der Waals surface area contributed by atoms with E-state index in [-0.39, 0.29) is 54.8 Å². The molecule has 0 aromatic heterocycles. The average Bonchev–Trinajstić information content (AvgIpc) is 3.97. The maximum absolute atomic E-state index is 14.6. The van der Waals surface area contributed by atoms with Gasteiger partial charge in [0, 0.05) is 47.3 Å². The topological polar surface area (TPSA) is 157 Å². The van der Waals surface area contributed by atoms with Gasteiger partial charge in [0.05, 0.1) is 29.5 Å². The standard InChI is InChI=1S/C53H73NO8/c1-3-4-5-17-37-27-50(30-55)44-20-22-49-21-11-10-15-34-14-8-9-16-36(34)25-43(54-31-56)40-24-38(46(49)41-26-45(57)62-48(40)41)28-52(49,60)51(44,59)29-39-23-35(32(2)33-12-6-7-13-33)18-19-42(47(37)58)53(39,50)61/h8-9,14,16,26,30,32-33,35,37-40,42-44,46-48,54,56,58-61H,3-7,11-13,17-25,27-29,31H2,1-2H3. The summed E-state index contributed by atoms with van der Waals surface area (Å²) in [5.74, 6) is 5.49. The lowest BCUT2D eigenvalue weighted by Crippen LogP contribution is -2.81. The smallest absolute Gasteiger partial charge is 0.331 e. The van der Waals surface area contributed by atoms with E-state index in [1.54, 1.807) is 6.08 Å². The normalized spacial score (nSPS) is 47.3. The van der Waals surface area contributed by atoms with E-state index in [9.17, 15) is 35.1 Å². The van der Waals surface area contributed by atoms with Crippen LogP contribution >= 0.6 is 0 Å². The first-order valence-corrected chi connectivity index (χ1v) is 25.0. The summed E-state index contributed by atoms with van der Waals surface area (Å²) in [5.41, 5.74) is -4.22. The number of hydrogen-bond donors (Lipinski definition) is 6. The highest BCUT2D eigenvalue weighted by Gasteiger charge is 2.83. The summed E-state index contributed by atoms with van der Waals surface area (Å²) in [6.07, 6.45) is 16.3. The Morgan fingerprint density at radius 3 is 2.56 bits per heavy atom. The van der Waals surface area contributed by atoms with Crippen molar-refractivity contribution in [2.24, 2.45) is 70.0 Å². The minimum absolute atomic E-state index is 0.100. The number of benzene rings is 1. The number of nitrogens with one attached hydrogen (secondary N) is 1.